The van der Waals surface area contributed by atoms with Crippen molar-refractivity contribution >= 4 is 0 Å². The molecule has 1 aliphatic heterocycles. The van der Waals surface area contributed by atoms with Crippen molar-refractivity contribution in [1.82, 2.24) is 4.90 Å². The van der Waals surface area contributed by atoms with Gasteiger partial charge in [-0.1, -0.05) is 19.4 Å². The fourth-order valence-corrected chi connectivity index (χ4v) is 1.46. The second kappa shape index (κ2) is 5.22. The van der Waals surface area contributed by atoms with Gasteiger partial charge in [-0.25, -0.2) is 0 Å². The van der Waals surface area contributed by atoms with E-state index in [1.54, 1.807) is 0 Å². The summed E-state index contributed by atoms with van der Waals surface area (Å²) in [6.45, 7) is 4.78. The van der Waals surface area contributed by atoms with Crippen LogP contribution in [0.25, 0.3) is 0 Å². The first-order chi connectivity index (χ1) is 5.43. The van der Waals surface area contributed by atoms with Gasteiger partial charge in [0.2, 0.25) is 0 Å². The number of rotatable bonds is 3. The Kier molecular flexibility index (Phi) is 4.10. The van der Waals surface area contributed by atoms with Gasteiger partial charge in [-0.05, 0) is 31.9 Å². The molecule has 1 fully saturated rings. The van der Waals surface area contributed by atoms with E-state index < -0.39 is 0 Å². The van der Waals surface area contributed by atoms with E-state index in [2.05, 4.69) is 24.1 Å². The Balaban J connectivity index is 2.13. The Morgan fingerprint density at radius 1 is 1.18 bits per heavy atom. The van der Waals surface area contributed by atoms with E-state index >= 15 is 0 Å². The molecular formula is C10H19N. The first kappa shape index (κ1) is 8.63. The van der Waals surface area contributed by atoms with E-state index in [9.17, 15) is 0 Å². The predicted octanol–water partition coefficient (Wildman–Crippen LogP) is 2.79. The van der Waals surface area contributed by atoms with Crippen LogP contribution in [0, 0.1) is 0 Å². The van der Waals surface area contributed by atoms with Crippen molar-refractivity contribution < 1.29 is 0 Å². The van der Waals surface area contributed by atoms with Gasteiger partial charge in [0.25, 0.3) is 0 Å². The molecule has 0 aromatic carbocycles. The highest BCUT2D eigenvalue weighted by Gasteiger charge is 2.03. The number of piperidine rings is 1. The molecule has 1 heteroatoms. The summed E-state index contributed by atoms with van der Waals surface area (Å²) in [7, 11) is 0. The lowest BCUT2D eigenvalue weighted by molar-refractivity contribution is 0.308. The lowest BCUT2D eigenvalue weighted by Crippen LogP contribution is -2.23. The zero-order valence-electron chi connectivity index (χ0n) is 7.55. The third-order valence-electron chi connectivity index (χ3n) is 2.16. The van der Waals surface area contributed by atoms with E-state index in [-0.39, 0.29) is 0 Å². The first-order valence-corrected chi connectivity index (χ1v) is 4.84. The first-order valence-electron chi connectivity index (χ1n) is 4.84. The van der Waals surface area contributed by atoms with Crippen LogP contribution in [0.3, 0.4) is 0 Å². The molecule has 0 amide bonds. The molecule has 1 rings (SSSR count). The molecule has 0 atom stereocenters. The number of hydrogen-bond donors (Lipinski definition) is 0. The van der Waals surface area contributed by atoms with Crippen LogP contribution in [0.2, 0.25) is 0 Å². The van der Waals surface area contributed by atoms with E-state index in [1.165, 1.54) is 45.2 Å². The quantitative estimate of drug-likeness (QED) is 0.602. The monoisotopic (exact) mass is 153 g/mol. The molecule has 0 aromatic heterocycles. The fraction of sp³-hybridized carbons (Fsp3) is 0.800. The fourth-order valence-electron chi connectivity index (χ4n) is 1.46. The number of unbranched alkanes of at least 4 members (excludes halogenated alkanes) is 1. The molecule has 11 heavy (non-hydrogen) atoms. The number of hydrogen-bond acceptors (Lipinski definition) is 1. The largest absolute Gasteiger partial charge is 0.378 e. The highest BCUT2D eigenvalue weighted by Crippen LogP contribution is 2.08. The van der Waals surface area contributed by atoms with Gasteiger partial charge in [0.1, 0.15) is 0 Å². The normalized spacial score (nSPS) is 19.5. The average Bonchev–Trinajstić information content (AvgIpc) is 2.07. The highest BCUT2D eigenvalue weighted by atomic mass is 15.1. The van der Waals surface area contributed by atoms with E-state index in [4.69, 9.17) is 0 Å². The van der Waals surface area contributed by atoms with Crippen LogP contribution in [0.5, 0.6) is 0 Å². The van der Waals surface area contributed by atoms with Crippen molar-refractivity contribution in [2.45, 2.75) is 39.0 Å². The van der Waals surface area contributed by atoms with E-state index in [0.29, 0.717) is 0 Å². The lowest BCUT2D eigenvalue weighted by Gasteiger charge is -2.24. The summed E-state index contributed by atoms with van der Waals surface area (Å²) in [5.74, 6) is 0. The molecule has 64 valence electrons. The molecular weight excluding hydrogens is 134 g/mol. The van der Waals surface area contributed by atoms with Gasteiger partial charge in [-0.3, -0.25) is 0 Å². The van der Waals surface area contributed by atoms with Crippen molar-refractivity contribution in [3.05, 3.63) is 12.3 Å². The Morgan fingerprint density at radius 2 is 1.91 bits per heavy atom. The number of nitrogens with zero attached hydrogens (tertiary/aromatic N) is 1. The molecule has 0 aliphatic carbocycles. The summed E-state index contributed by atoms with van der Waals surface area (Å²) in [6, 6.07) is 0. The smallest absolute Gasteiger partial charge is 0.0172 e. The molecule has 0 spiro atoms. The third kappa shape index (κ3) is 3.45. The minimum Gasteiger partial charge on any atom is -0.378 e. The van der Waals surface area contributed by atoms with Crippen molar-refractivity contribution in [3.8, 4) is 0 Å². The minimum absolute atomic E-state index is 1.23. The van der Waals surface area contributed by atoms with Crippen molar-refractivity contribution in [1.29, 1.82) is 0 Å². The summed E-state index contributed by atoms with van der Waals surface area (Å²) in [4.78, 5) is 2.44. The van der Waals surface area contributed by atoms with Gasteiger partial charge in [-0.15, -0.1) is 0 Å². The molecule has 0 unspecified atom stereocenters. The zero-order valence-corrected chi connectivity index (χ0v) is 7.55. The van der Waals surface area contributed by atoms with Gasteiger partial charge >= 0.3 is 0 Å². The summed E-state index contributed by atoms with van der Waals surface area (Å²) >= 11 is 0. The number of allylic oxidation sites excluding steroid dienone is 1. The average molecular weight is 153 g/mol. The molecule has 0 radical (unpaired) electrons. The summed E-state index contributed by atoms with van der Waals surface area (Å²) < 4.78 is 0. The minimum atomic E-state index is 1.23. The predicted molar refractivity (Wildman–Crippen MR) is 49.5 cm³/mol. The second-order valence-corrected chi connectivity index (χ2v) is 3.27. The molecule has 1 aliphatic rings. The Bertz CT molecular complexity index is 112. The molecule has 1 saturated heterocycles. The Morgan fingerprint density at radius 3 is 2.55 bits per heavy atom. The lowest BCUT2D eigenvalue weighted by atomic mass is 10.1. The second-order valence-electron chi connectivity index (χ2n) is 3.27. The molecule has 1 heterocycles. The van der Waals surface area contributed by atoms with Gasteiger partial charge in [0.15, 0.2) is 0 Å². The van der Waals surface area contributed by atoms with Crippen LogP contribution in [0.1, 0.15) is 39.0 Å². The van der Waals surface area contributed by atoms with Gasteiger partial charge in [0.05, 0.1) is 0 Å². The Hall–Kier alpha value is -0.460. The van der Waals surface area contributed by atoms with Crippen LogP contribution in [0.15, 0.2) is 12.3 Å². The van der Waals surface area contributed by atoms with Crippen LogP contribution >= 0.6 is 0 Å². The zero-order chi connectivity index (χ0) is 7.94. The van der Waals surface area contributed by atoms with Gasteiger partial charge in [-0.2, -0.15) is 0 Å². The number of likely N-dealkylation sites (tertiary alicyclic amines) is 1. The molecule has 0 saturated carbocycles. The molecule has 0 N–H and O–H groups in total. The maximum Gasteiger partial charge on any atom is 0.0172 e. The van der Waals surface area contributed by atoms with Gasteiger partial charge < -0.3 is 4.90 Å². The van der Waals surface area contributed by atoms with Crippen LogP contribution in [0.4, 0.5) is 0 Å². The van der Waals surface area contributed by atoms with Crippen LogP contribution in [-0.4, -0.2) is 18.0 Å². The maximum atomic E-state index is 2.44. The summed E-state index contributed by atoms with van der Waals surface area (Å²) in [5.41, 5.74) is 0. The highest BCUT2D eigenvalue weighted by molar-refractivity contribution is 4.83. The van der Waals surface area contributed by atoms with Crippen LogP contribution < -0.4 is 0 Å². The molecule has 0 bridgehead atoms. The summed E-state index contributed by atoms with van der Waals surface area (Å²) in [6.07, 6.45) is 11.3. The van der Waals surface area contributed by atoms with E-state index in [0.717, 1.165) is 0 Å². The van der Waals surface area contributed by atoms with Crippen molar-refractivity contribution in [2.75, 3.05) is 13.1 Å². The maximum absolute atomic E-state index is 2.44. The summed E-state index contributed by atoms with van der Waals surface area (Å²) in [5, 5.41) is 0. The molecule has 1 nitrogen and oxygen atoms in total. The van der Waals surface area contributed by atoms with Gasteiger partial charge in [0, 0.05) is 13.1 Å². The van der Waals surface area contributed by atoms with E-state index in [1.807, 2.05) is 0 Å². The third-order valence-corrected chi connectivity index (χ3v) is 2.16. The molecule has 0 aromatic rings. The SMILES string of the molecule is CCCC=CN1CCCCC1. The standard InChI is InChI=1S/C10H19N/c1-2-3-5-8-11-9-6-4-7-10-11/h5,8H,2-4,6-7,9-10H2,1H3. The van der Waals surface area contributed by atoms with Crippen molar-refractivity contribution in [2.24, 2.45) is 0 Å². The van der Waals surface area contributed by atoms with Crippen molar-refractivity contribution in [3.63, 3.8) is 0 Å². The van der Waals surface area contributed by atoms with Crippen LogP contribution in [-0.2, 0) is 0 Å². The topological polar surface area (TPSA) is 3.24 Å². The Labute approximate surface area is 70.1 Å².